The molecule has 3 aromatic rings. The van der Waals surface area contributed by atoms with Crippen LogP contribution in [0.2, 0.25) is 0 Å². The summed E-state index contributed by atoms with van der Waals surface area (Å²) >= 11 is 0. The molecule has 8 nitrogen and oxygen atoms in total. The van der Waals surface area contributed by atoms with Gasteiger partial charge in [0.15, 0.2) is 11.5 Å². The Morgan fingerprint density at radius 2 is 1.81 bits per heavy atom. The van der Waals surface area contributed by atoms with Gasteiger partial charge in [-0.3, -0.25) is 14.7 Å². The molecule has 0 radical (unpaired) electrons. The van der Waals surface area contributed by atoms with Crippen LogP contribution in [0.3, 0.4) is 0 Å². The first-order valence-corrected chi connectivity index (χ1v) is 10.3. The third-order valence-electron chi connectivity index (χ3n) is 5.99. The zero-order valence-electron chi connectivity index (χ0n) is 18.2. The van der Waals surface area contributed by atoms with Gasteiger partial charge in [0.25, 0.3) is 5.56 Å². The number of H-pyrrole nitrogens is 2. The number of ether oxygens (including phenoxy) is 3. The molecule has 8 heteroatoms. The van der Waals surface area contributed by atoms with Crippen LogP contribution >= 0.6 is 0 Å². The number of carbonyl (C=O) groups is 1. The van der Waals surface area contributed by atoms with Gasteiger partial charge in [0.05, 0.1) is 25.7 Å². The van der Waals surface area contributed by atoms with Crippen molar-refractivity contribution in [3.05, 3.63) is 81.3 Å². The van der Waals surface area contributed by atoms with Crippen molar-refractivity contribution in [3.8, 4) is 11.5 Å². The van der Waals surface area contributed by atoms with Crippen LogP contribution in [0.1, 0.15) is 35.2 Å². The van der Waals surface area contributed by atoms with Gasteiger partial charge in [-0.15, -0.1) is 0 Å². The Balaban J connectivity index is 1.78. The quantitative estimate of drug-likeness (QED) is 0.510. The van der Waals surface area contributed by atoms with Crippen molar-refractivity contribution in [3.63, 3.8) is 0 Å². The number of rotatable bonds is 6. The minimum absolute atomic E-state index is 0.0707. The summed E-state index contributed by atoms with van der Waals surface area (Å²) in [7, 11) is 3.04. The van der Waals surface area contributed by atoms with Crippen molar-refractivity contribution in [2.24, 2.45) is 5.92 Å². The molecule has 0 saturated heterocycles. The minimum atomic E-state index is -1.45. The average molecular weight is 438 g/mol. The number of esters is 1. The summed E-state index contributed by atoms with van der Waals surface area (Å²) in [6, 6.07) is 14.5. The normalized spacial score (nSPS) is 22.1. The third-order valence-corrected chi connectivity index (χ3v) is 5.99. The molecule has 0 amide bonds. The second-order valence-electron chi connectivity index (χ2n) is 8.17. The number of benzene rings is 2. The average Bonchev–Trinajstić information content (AvgIpc) is 3.15. The fourth-order valence-corrected chi connectivity index (χ4v) is 4.48. The Morgan fingerprint density at radius 1 is 1.09 bits per heavy atom. The van der Waals surface area contributed by atoms with Crippen molar-refractivity contribution in [1.29, 1.82) is 0 Å². The molecular weight excluding hydrogens is 412 g/mol. The molecule has 1 heterocycles. The second kappa shape index (κ2) is 8.55. The lowest BCUT2D eigenvalue weighted by Gasteiger charge is -2.40. The van der Waals surface area contributed by atoms with Crippen molar-refractivity contribution in [2.75, 3.05) is 14.2 Å². The molecule has 0 saturated carbocycles. The minimum Gasteiger partial charge on any atom is -0.493 e. The number of hydrogen-bond donors (Lipinski definition) is 3. The first kappa shape index (κ1) is 21.7. The number of fused-ring (bicyclic) bond motifs is 1. The highest BCUT2D eigenvalue weighted by Gasteiger charge is 2.51. The highest BCUT2D eigenvalue weighted by molar-refractivity contribution is 5.77. The van der Waals surface area contributed by atoms with Crippen LogP contribution in [0.4, 0.5) is 0 Å². The molecule has 0 aliphatic heterocycles. The fourth-order valence-electron chi connectivity index (χ4n) is 4.48. The lowest BCUT2D eigenvalue weighted by Crippen LogP contribution is -2.50. The van der Waals surface area contributed by atoms with Crippen LogP contribution in [-0.4, -0.2) is 41.1 Å². The van der Waals surface area contributed by atoms with Gasteiger partial charge in [0, 0.05) is 23.6 Å². The monoisotopic (exact) mass is 438 g/mol. The van der Waals surface area contributed by atoms with Crippen LogP contribution in [-0.2, 0) is 22.6 Å². The zero-order chi connectivity index (χ0) is 22.9. The van der Waals surface area contributed by atoms with E-state index in [1.807, 2.05) is 30.3 Å². The Labute approximate surface area is 185 Å². The summed E-state index contributed by atoms with van der Waals surface area (Å²) < 4.78 is 16.4. The standard InChI is InChI=1S/C24H26N2O6/c1-24(29)12-16-20(22(27)26-25-16)19(15-9-10-17(30-2)18(11-15)31-3)21(24)23(28)32-13-14-7-5-4-6-8-14/h4-11,19,21,29H,12-13H2,1-3H3,(H2,25,26,27)/t19-,21+,24-/m0/s1. The maximum absolute atomic E-state index is 13.3. The number of nitrogens with one attached hydrogen (secondary N) is 2. The molecule has 1 aromatic heterocycles. The first-order chi connectivity index (χ1) is 15.4. The predicted molar refractivity (Wildman–Crippen MR) is 117 cm³/mol. The van der Waals surface area contributed by atoms with E-state index in [9.17, 15) is 14.7 Å². The topological polar surface area (TPSA) is 114 Å². The summed E-state index contributed by atoms with van der Waals surface area (Å²) in [5.41, 5.74) is 0.646. The lowest BCUT2D eigenvalue weighted by atomic mass is 9.66. The van der Waals surface area contributed by atoms with Crippen molar-refractivity contribution in [2.45, 2.75) is 31.5 Å². The highest BCUT2D eigenvalue weighted by Crippen LogP contribution is 2.46. The van der Waals surface area contributed by atoms with E-state index in [2.05, 4.69) is 10.2 Å². The molecule has 168 valence electrons. The molecule has 0 fully saturated rings. The SMILES string of the molecule is COc1ccc([C@H]2c3c([nH][nH]c3=O)C[C@](C)(O)[C@H]2C(=O)OCc2ccccc2)cc1OC. The number of carbonyl (C=O) groups excluding carboxylic acids is 1. The zero-order valence-corrected chi connectivity index (χ0v) is 18.2. The number of hydrogen-bond acceptors (Lipinski definition) is 6. The van der Waals surface area contributed by atoms with Crippen LogP contribution in [0.15, 0.2) is 53.3 Å². The van der Waals surface area contributed by atoms with Crippen LogP contribution < -0.4 is 15.0 Å². The van der Waals surface area contributed by atoms with E-state index in [-0.39, 0.29) is 18.6 Å². The molecule has 1 aliphatic carbocycles. The summed E-state index contributed by atoms with van der Waals surface area (Å²) in [6.45, 7) is 1.66. The Bertz CT molecular complexity index is 1160. The van der Waals surface area contributed by atoms with Crippen LogP contribution in [0.5, 0.6) is 11.5 Å². The highest BCUT2D eigenvalue weighted by atomic mass is 16.5. The Kier molecular flexibility index (Phi) is 5.80. The van der Waals surface area contributed by atoms with E-state index >= 15 is 0 Å². The number of aromatic nitrogens is 2. The summed E-state index contributed by atoms with van der Waals surface area (Å²) in [5, 5.41) is 16.8. The van der Waals surface area contributed by atoms with Crippen LogP contribution in [0.25, 0.3) is 0 Å². The van der Waals surface area contributed by atoms with E-state index < -0.39 is 23.4 Å². The van der Waals surface area contributed by atoms with Gasteiger partial charge in [-0.1, -0.05) is 36.4 Å². The van der Waals surface area contributed by atoms with Crippen LogP contribution in [0, 0.1) is 5.92 Å². The maximum atomic E-state index is 13.3. The molecule has 2 aromatic carbocycles. The Hall–Kier alpha value is -3.52. The smallest absolute Gasteiger partial charge is 0.313 e. The van der Waals surface area contributed by atoms with Gasteiger partial charge in [-0.05, 0) is 30.2 Å². The van der Waals surface area contributed by atoms with E-state index in [0.29, 0.717) is 28.3 Å². The molecule has 1 aliphatic rings. The maximum Gasteiger partial charge on any atom is 0.313 e. The van der Waals surface area contributed by atoms with Gasteiger partial charge in [0.2, 0.25) is 0 Å². The predicted octanol–water partition coefficient (Wildman–Crippen LogP) is 2.52. The van der Waals surface area contributed by atoms with Gasteiger partial charge in [-0.2, -0.15) is 0 Å². The van der Waals surface area contributed by atoms with E-state index in [1.54, 1.807) is 25.1 Å². The van der Waals surface area contributed by atoms with Crippen molar-refractivity contribution in [1.82, 2.24) is 10.2 Å². The summed E-state index contributed by atoms with van der Waals surface area (Å²) in [6.07, 6.45) is 0.107. The third kappa shape index (κ3) is 3.89. The second-order valence-corrected chi connectivity index (χ2v) is 8.17. The van der Waals surface area contributed by atoms with Crippen molar-refractivity contribution >= 4 is 5.97 Å². The summed E-state index contributed by atoms with van der Waals surface area (Å²) in [4.78, 5) is 26.0. The van der Waals surface area contributed by atoms with Gasteiger partial charge in [-0.25, -0.2) is 0 Å². The molecule has 3 atom stereocenters. The van der Waals surface area contributed by atoms with Gasteiger partial charge < -0.3 is 24.4 Å². The number of aromatic amines is 2. The largest absolute Gasteiger partial charge is 0.493 e. The van der Waals surface area contributed by atoms with Crippen molar-refractivity contribution < 1.29 is 24.1 Å². The Morgan fingerprint density at radius 3 is 2.50 bits per heavy atom. The van der Waals surface area contributed by atoms with E-state index in [4.69, 9.17) is 14.2 Å². The molecular formula is C24H26N2O6. The van der Waals surface area contributed by atoms with Gasteiger partial charge in [0.1, 0.15) is 6.61 Å². The van der Waals surface area contributed by atoms with E-state index in [1.165, 1.54) is 14.2 Å². The molecule has 0 spiro atoms. The number of methoxy groups -OCH3 is 2. The molecule has 4 rings (SSSR count). The fraction of sp³-hybridized carbons (Fsp3) is 0.333. The van der Waals surface area contributed by atoms with Gasteiger partial charge >= 0.3 is 5.97 Å². The first-order valence-electron chi connectivity index (χ1n) is 10.3. The number of aliphatic hydroxyl groups is 1. The van der Waals surface area contributed by atoms with E-state index in [0.717, 1.165) is 5.56 Å². The molecule has 3 N–H and O–H groups in total. The molecule has 32 heavy (non-hydrogen) atoms. The lowest BCUT2D eigenvalue weighted by molar-refractivity contribution is -0.161. The summed E-state index contributed by atoms with van der Waals surface area (Å²) in [5.74, 6) is -1.35. The molecule has 0 bridgehead atoms. The molecule has 0 unspecified atom stereocenters.